The van der Waals surface area contributed by atoms with Gasteiger partial charge < -0.3 is 14.5 Å². The maximum Gasteiger partial charge on any atom is 0.121 e. The quantitative estimate of drug-likeness (QED) is 0.928. The van der Waals surface area contributed by atoms with E-state index in [0.29, 0.717) is 0 Å². The summed E-state index contributed by atoms with van der Waals surface area (Å²) < 4.78 is 5.34. The number of quaternary nitrogens is 1. The van der Waals surface area contributed by atoms with Crippen LogP contribution in [0.4, 0.5) is 5.69 Å². The molecule has 0 radical (unpaired) electrons. The third kappa shape index (κ3) is 3.42. The smallest absolute Gasteiger partial charge is 0.121 e. The van der Waals surface area contributed by atoms with Crippen LogP contribution in [0.1, 0.15) is 11.1 Å². The lowest BCUT2D eigenvalue weighted by Crippen LogP contribution is -3.13. The number of piperazine rings is 1. The number of hydrogen-bond acceptors (Lipinski definition) is 2. The number of anilines is 1. The van der Waals surface area contributed by atoms with Crippen molar-refractivity contribution in [2.24, 2.45) is 0 Å². The second-order valence-corrected chi connectivity index (χ2v) is 6.05. The predicted octanol–water partition coefficient (Wildman–Crippen LogP) is 1.91. The first-order valence-electron chi connectivity index (χ1n) is 8.03. The van der Waals surface area contributed by atoms with Gasteiger partial charge in [-0.05, 0) is 42.8 Å². The van der Waals surface area contributed by atoms with Gasteiger partial charge in [0.05, 0.1) is 33.3 Å². The zero-order chi connectivity index (χ0) is 15.4. The summed E-state index contributed by atoms with van der Waals surface area (Å²) in [6, 6.07) is 17.3. The number of rotatable bonds is 4. The predicted molar refractivity (Wildman–Crippen MR) is 90.8 cm³/mol. The highest BCUT2D eigenvalue weighted by atomic mass is 16.5. The van der Waals surface area contributed by atoms with E-state index in [1.807, 2.05) is 0 Å². The van der Waals surface area contributed by atoms with Crippen LogP contribution in [-0.4, -0.2) is 33.3 Å². The van der Waals surface area contributed by atoms with Crippen LogP contribution in [0.25, 0.3) is 0 Å². The fourth-order valence-electron chi connectivity index (χ4n) is 3.24. The van der Waals surface area contributed by atoms with Gasteiger partial charge in [0.2, 0.25) is 0 Å². The highest BCUT2D eigenvalue weighted by Gasteiger charge is 2.20. The molecule has 0 unspecified atom stereocenters. The van der Waals surface area contributed by atoms with Gasteiger partial charge in [-0.3, -0.25) is 0 Å². The molecule has 1 saturated heterocycles. The third-order valence-electron chi connectivity index (χ3n) is 4.51. The molecule has 0 atom stereocenters. The average molecular weight is 297 g/mol. The van der Waals surface area contributed by atoms with Crippen LogP contribution in [0.2, 0.25) is 0 Å². The van der Waals surface area contributed by atoms with Gasteiger partial charge >= 0.3 is 0 Å². The number of hydrogen-bond donors (Lipinski definition) is 1. The molecule has 3 heteroatoms. The van der Waals surface area contributed by atoms with Gasteiger partial charge in [-0.25, -0.2) is 0 Å². The lowest BCUT2D eigenvalue weighted by Gasteiger charge is -2.33. The monoisotopic (exact) mass is 297 g/mol. The van der Waals surface area contributed by atoms with Gasteiger partial charge in [0, 0.05) is 11.3 Å². The molecule has 22 heavy (non-hydrogen) atoms. The van der Waals surface area contributed by atoms with Crippen LogP contribution < -0.4 is 14.5 Å². The Hall–Kier alpha value is -2.00. The van der Waals surface area contributed by atoms with Gasteiger partial charge in [-0.15, -0.1) is 0 Å². The topological polar surface area (TPSA) is 16.9 Å². The van der Waals surface area contributed by atoms with Gasteiger partial charge in [-0.1, -0.05) is 18.2 Å². The first-order chi connectivity index (χ1) is 10.8. The zero-order valence-electron chi connectivity index (χ0n) is 13.5. The van der Waals surface area contributed by atoms with E-state index in [1.54, 1.807) is 12.0 Å². The fourth-order valence-corrected chi connectivity index (χ4v) is 3.24. The molecule has 0 saturated carbocycles. The Morgan fingerprint density at radius 2 is 1.77 bits per heavy atom. The summed E-state index contributed by atoms with van der Waals surface area (Å²) in [6.07, 6.45) is 0. The third-order valence-corrected chi connectivity index (χ3v) is 4.51. The number of nitrogens with one attached hydrogen (secondary N) is 1. The molecule has 116 valence electrons. The standard InChI is InChI=1S/C19H24N2O/c1-16-14-17(8-9-19(16)22-2)15-20-10-12-21(13-11-20)18-6-4-3-5-7-18/h3-9,14H,10-13,15H2,1-2H3/p+1. The molecule has 1 aliphatic rings. The van der Waals surface area contributed by atoms with Gasteiger partial charge in [0.25, 0.3) is 0 Å². The summed E-state index contributed by atoms with van der Waals surface area (Å²) in [5, 5.41) is 0. The molecule has 1 fully saturated rings. The molecule has 0 aliphatic carbocycles. The van der Waals surface area contributed by atoms with E-state index >= 15 is 0 Å². The van der Waals surface area contributed by atoms with Crippen LogP contribution in [0.5, 0.6) is 5.75 Å². The van der Waals surface area contributed by atoms with Gasteiger partial charge in [-0.2, -0.15) is 0 Å². The molecule has 0 spiro atoms. The van der Waals surface area contributed by atoms with E-state index in [0.717, 1.165) is 25.4 Å². The van der Waals surface area contributed by atoms with E-state index in [9.17, 15) is 0 Å². The molecule has 1 aliphatic heterocycles. The summed E-state index contributed by atoms with van der Waals surface area (Å²) in [7, 11) is 1.73. The summed E-state index contributed by atoms with van der Waals surface area (Å²) in [5.41, 5.74) is 3.98. The fraction of sp³-hybridized carbons (Fsp3) is 0.368. The van der Waals surface area contributed by atoms with E-state index in [-0.39, 0.29) is 0 Å². The molecule has 0 bridgehead atoms. The van der Waals surface area contributed by atoms with Crippen LogP contribution in [-0.2, 0) is 6.54 Å². The summed E-state index contributed by atoms with van der Waals surface area (Å²) in [6.45, 7) is 7.88. The Balaban J connectivity index is 1.57. The van der Waals surface area contributed by atoms with Crippen molar-refractivity contribution in [3.05, 3.63) is 59.7 Å². The highest BCUT2D eigenvalue weighted by molar-refractivity contribution is 5.46. The summed E-state index contributed by atoms with van der Waals surface area (Å²) in [4.78, 5) is 4.15. The molecule has 3 rings (SSSR count). The number of aryl methyl sites for hydroxylation is 1. The Morgan fingerprint density at radius 3 is 2.41 bits per heavy atom. The maximum atomic E-state index is 5.34. The minimum Gasteiger partial charge on any atom is -0.496 e. The highest BCUT2D eigenvalue weighted by Crippen LogP contribution is 2.18. The Morgan fingerprint density at radius 1 is 1.05 bits per heavy atom. The molecule has 1 heterocycles. The van der Waals surface area contributed by atoms with E-state index in [4.69, 9.17) is 4.74 Å². The van der Waals surface area contributed by atoms with Gasteiger partial charge in [0.1, 0.15) is 12.3 Å². The van der Waals surface area contributed by atoms with Crippen LogP contribution in [0.3, 0.4) is 0 Å². The molecule has 0 aromatic heterocycles. The molecular weight excluding hydrogens is 272 g/mol. The Bertz CT molecular complexity index is 604. The molecule has 0 amide bonds. The average Bonchev–Trinajstić information content (AvgIpc) is 2.57. The molecular formula is C19H25N2O+. The van der Waals surface area contributed by atoms with Crippen molar-refractivity contribution in [2.45, 2.75) is 13.5 Å². The van der Waals surface area contributed by atoms with Crippen molar-refractivity contribution in [3.63, 3.8) is 0 Å². The first-order valence-corrected chi connectivity index (χ1v) is 8.03. The molecule has 3 nitrogen and oxygen atoms in total. The van der Waals surface area contributed by atoms with Crippen molar-refractivity contribution >= 4 is 5.69 Å². The number of methoxy groups -OCH3 is 1. The van der Waals surface area contributed by atoms with Crippen molar-refractivity contribution < 1.29 is 9.64 Å². The van der Waals surface area contributed by atoms with E-state index < -0.39 is 0 Å². The number of para-hydroxylation sites is 1. The van der Waals surface area contributed by atoms with Gasteiger partial charge in [0.15, 0.2) is 0 Å². The van der Waals surface area contributed by atoms with E-state index in [2.05, 4.69) is 60.4 Å². The zero-order valence-corrected chi connectivity index (χ0v) is 13.5. The van der Waals surface area contributed by atoms with Crippen LogP contribution >= 0.6 is 0 Å². The van der Waals surface area contributed by atoms with E-state index in [1.165, 1.54) is 29.9 Å². The second kappa shape index (κ2) is 6.84. The number of nitrogens with zero attached hydrogens (tertiary/aromatic N) is 1. The van der Waals surface area contributed by atoms with Crippen LogP contribution in [0, 0.1) is 6.92 Å². The normalized spacial score (nSPS) is 15.8. The van der Waals surface area contributed by atoms with Crippen molar-refractivity contribution in [1.82, 2.24) is 0 Å². The Labute approximate surface area is 133 Å². The van der Waals surface area contributed by atoms with Crippen molar-refractivity contribution in [3.8, 4) is 5.75 Å². The Kier molecular flexibility index (Phi) is 4.64. The minimum absolute atomic E-state index is 0.979. The number of ether oxygens (including phenoxy) is 1. The minimum atomic E-state index is 0.979. The van der Waals surface area contributed by atoms with Crippen molar-refractivity contribution in [1.29, 1.82) is 0 Å². The van der Waals surface area contributed by atoms with Crippen molar-refractivity contribution in [2.75, 3.05) is 38.2 Å². The summed E-state index contributed by atoms with van der Waals surface area (Å²) in [5.74, 6) is 0.979. The number of benzene rings is 2. The molecule has 2 aromatic rings. The first kappa shape index (κ1) is 14.9. The lowest BCUT2D eigenvalue weighted by atomic mass is 10.1. The SMILES string of the molecule is COc1ccc(C[NH+]2CCN(c3ccccc3)CC2)cc1C. The second-order valence-electron chi connectivity index (χ2n) is 6.05. The largest absolute Gasteiger partial charge is 0.496 e. The summed E-state index contributed by atoms with van der Waals surface area (Å²) >= 11 is 0. The molecule has 1 N–H and O–H groups in total. The van der Waals surface area contributed by atoms with Crippen LogP contribution in [0.15, 0.2) is 48.5 Å². The maximum absolute atomic E-state index is 5.34. The lowest BCUT2D eigenvalue weighted by molar-refractivity contribution is -0.914. The molecule has 2 aromatic carbocycles.